The number of rotatable bonds is 49. The number of guanidine groups is 1. The second kappa shape index (κ2) is 45.7. The quantitative estimate of drug-likeness (QED) is 0.00983. The zero-order valence-electron chi connectivity index (χ0n) is 66.7. The van der Waals surface area contributed by atoms with Crippen molar-refractivity contribution >= 4 is 76.5 Å². The highest BCUT2D eigenvalue weighted by molar-refractivity contribution is 5.99. The Balaban J connectivity index is 1.36. The minimum Gasteiger partial charge on any atom is -0.508 e. The number of phenols is 1. The van der Waals surface area contributed by atoms with Crippen LogP contribution in [0.15, 0.2) is 94.9 Å². The van der Waals surface area contributed by atoms with Gasteiger partial charge in [-0.1, -0.05) is 101 Å². The summed E-state index contributed by atoms with van der Waals surface area (Å²) in [6, 6.07) is 2.76. The number of imidazole rings is 2. The summed E-state index contributed by atoms with van der Waals surface area (Å²) in [4.78, 5) is 164. The summed E-state index contributed by atoms with van der Waals surface area (Å²) < 4.78 is 0. The first-order chi connectivity index (χ1) is 53.1. The fraction of sp³-hybridized carbons (Fsp3) is 0.597. The van der Waals surface area contributed by atoms with Crippen molar-refractivity contribution in [3.63, 3.8) is 0 Å². The lowest BCUT2D eigenvalue weighted by atomic mass is 9.94. The fourth-order valence-corrected chi connectivity index (χ4v) is 12.7. The van der Waals surface area contributed by atoms with Crippen molar-refractivity contribution in [2.24, 2.45) is 50.4 Å². The zero-order chi connectivity index (χ0) is 82.8. The Kier molecular flexibility index (Phi) is 37.6. The van der Waals surface area contributed by atoms with Crippen molar-refractivity contribution in [2.45, 2.75) is 232 Å². The van der Waals surface area contributed by atoms with Crippen LogP contribution in [0.2, 0.25) is 0 Å². The lowest BCUT2D eigenvalue weighted by Crippen LogP contribution is -2.62. The summed E-state index contributed by atoms with van der Waals surface area (Å²) in [7, 11) is 0. The first kappa shape index (κ1) is 92.1. The topological polar surface area (TPSA) is 534 Å². The first-order valence-corrected chi connectivity index (χ1v) is 38.4. The van der Waals surface area contributed by atoms with E-state index in [9.17, 15) is 54.2 Å². The van der Waals surface area contributed by atoms with E-state index in [1.807, 2.05) is 27.7 Å². The lowest BCUT2D eigenvalue weighted by Gasteiger charge is -2.32. The smallest absolute Gasteiger partial charge is 0.326 e. The number of likely N-dealkylation sites (tertiary alicyclic amines) is 1. The number of aromatic amines is 2. The van der Waals surface area contributed by atoms with Gasteiger partial charge in [0.15, 0.2) is 5.96 Å². The van der Waals surface area contributed by atoms with E-state index in [1.54, 1.807) is 97.9 Å². The standard InChI is InChI=1S/C77H121N21O14/c1-13-47(6)65(72(107)92-60(39-54-41-82-44-85-54)73(108)98-34-18-22-62(98)70(105)90-57(36-51-19-15-14-16-20-51)67(102)89-59(38-53-40-81-43-84-53)68(103)93-61(74(109)110)35-45(2)3)95-69(104)58(37-52-23-25-55(99)26-24-52)91-71(106)64(46(4)5)94-66(101)56(21-17-30-83-75(78)79)88-63(100)42-80-31-27-50(28-32-86-76(9,10)48(7)96-111)29-33-87-77(11,12)49(8)97-112/h14-16,19-20,23-26,40-41,43-47,50,56-62,64-65,80,86-87,99,111-112H,13,17-18,21-22,27-39,42H2,1-12H3,(H,81,84)(H,82,85)(H,88,100)(H,89,102)(H,90,105)(H,91,106)(H,92,107)(H,93,103)(H,94,101)(H,95,104)(H,109,110)(H4,78,79,83)/b96-48+,97-49+/t47-,56-,57-,58-,59-,60-,61-,62-,64-,65-/m0/s1. The molecule has 35 heteroatoms. The molecule has 3 heterocycles. The predicted molar refractivity (Wildman–Crippen MR) is 422 cm³/mol. The summed E-state index contributed by atoms with van der Waals surface area (Å²) in [6.07, 6.45) is 8.41. The third kappa shape index (κ3) is 30.6. The van der Waals surface area contributed by atoms with Gasteiger partial charge in [-0.25, -0.2) is 14.8 Å². The van der Waals surface area contributed by atoms with E-state index in [0.717, 1.165) is 12.8 Å². The van der Waals surface area contributed by atoms with Crippen LogP contribution in [0.4, 0.5) is 0 Å². The molecule has 0 spiro atoms. The Morgan fingerprint density at radius 1 is 0.598 bits per heavy atom. The third-order valence-electron chi connectivity index (χ3n) is 20.3. The molecular weight excluding hydrogens is 1440 g/mol. The minimum atomic E-state index is -1.45. The predicted octanol–water partition coefficient (Wildman–Crippen LogP) is 1.68. The van der Waals surface area contributed by atoms with Crippen LogP contribution in [0.3, 0.4) is 0 Å². The highest BCUT2D eigenvalue weighted by Crippen LogP contribution is 2.23. The van der Waals surface area contributed by atoms with Crippen LogP contribution < -0.4 is 70.0 Å². The molecule has 10 atom stereocenters. The number of hydrogen-bond donors (Lipinski definition) is 19. The molecule has 0 saturated carbocycles. The Labute approximate surface area is 655 Å². The van der Waals surface area contributed by atoms with Gasteiger partial charge >= 0.3 is 5.97 Å². The molecule has 0 bridgehead atoms. The number of carboxylic acid groups (broad SMARTS) is 1. The van der Waals surface area contributed by atoms with E-state index in [2.05, 4.69) is 93.7 Å². The van der Waals surface area contributed by atoms with Crippen LogP contribution in [-0.4, -0.2) is 227 Å². The van der Waals surface area contributed by atoms with Gasteiger partial charge < -0.3 is 105 Å². The molecule has 2 aromatic carbocycles. The largest absolute Gasteiger partial charge is 0.508 e. The average molecular weight is 1560 g/mol. The Morgan fingerprint density at radius 2 is 1.09 bits per heavy atom. The number of benzene rings is 2. The van der Waals surface area contributed by atoms with Crippen LogP contribution in [0.25, 0.3) is 0 Å². The number of nitrogens with two attached hydrogens (primary N) is 2. The second-order valence-corrected chi connectivity index (χ2v) is 30.6. The van der Waals surface area contributed by atoms with Crippen LogP contribution in [0, 0.1) is 23.7 Å². The van der Waals surface area contributed by atoms with Crippen molar-refractivity contribution in [1.29, 1.82) is 0 Å². The van der Waals surface area contributed by atoms with E-state index in [1.165, 1.54) is 42.1 Å². The number of carboxylic acids is 1. The van der Waals surface area contributed by atoms with Gasteiger partial charge in [-0.05, 0) is 159 Å². The van der Waals surface area contributed by atoms with E-state index in [0.29, 0.717) is 72.8 Å². The Bertz CT molecular complexity index is 3720. The molecule has 2 aromatic heterocycles. The number of phenolic OH excluding ortho intramolecular Hbond substituents is 1. The van der Waals surface area contributed by atoms with E-state index >= 15 is 14.4 Å². The maximum Gasteiger partial charge on any atom is 0.326 e. The average Bonchev–Trinajstić information content (AvgIpc) is 1.66. The van der Waals surface area contributed by atoms with Gasteiger partial charge in [0.25, 0.3) is 0 Å². The van der Waals surface area contributed by atoms with Crippen LogP contribution in [0.5, 0.6) is 5.75 Å². The summed E-state index contributed by atoms with van der Waals surface area (Å²) in [5.41, 5.74) is 13.1. The molecule has 1 fully saturated rings. The number of aliphatic imine (C=N–C) groups is 1. The SMILES string of the molecule is CC[C@H](C)[C@H](NC(=O)[C@H](Cc1ccc(O)cc1)NC(=O)[C@@H](NC(=O)[C@H](CCCN=C(N)N)NC(=O)CNCCC(CCNC(C)(C)/C(C)=N/O)CCNC(C)(C)/C(C)=N/O)C(C)C)C(=O)N[C@@H](Cc1cnc[nH]1)C(=O)N1CCC[C@H]1C(=O)N[C@@H](Cc1ccccc1)C(=O)N[C@@H](Cc1cnc[nH]1)C(=O)N[C@@H](CC(C)C)C(=O)O. The molecule has 1 aliphatic rings. The van der Waals surface area contributed by atoms with Gasteiger partial charge in [0.05, 0.1) is 41.7 Å². The Hall–Kier alpha value is -10.6. The minimum absolute atomic E-state index is 0.0395. The number of oxime groups is 2. The molecular formula is C77H121N21O14. The van der Waals surface area contributed by atoms with Crippen molar-refractivity contribution in [2.75, 3.05) is 39.3 Å². The van der Waals surface area contributed by atoms with Gasteiger partial charge in [0.1, 0.15) is 60.1 Å². The van der Waals surface area contributed by atoms with E-state index < -0.39 is 136 Å². The maximum absolute atomic E-state index is 15.2. The summed E-state index contributed by atoms with van der Waals surface area (Å²) in [5, 5.41) is 78.3. The summed E-state index contributed by atoms with van der Waals surface area (Å²) in [5.74, 6) is -9.41. The number of H-pyrrole nitrogens is 2. The number of aromatic nitrogens is 4. The molecule has 35 nitrogen and oxygen atoms in total. The third-order valence-corrected chi connectivity index (χ3v) is 20.3. The monoisotopic (exact) mass is 1560 g/mol. The highest BCUT2D eigenvalue weighted by Gasteiger charge is 2.42. The molecule has 0 radical (unpaired) electrons. The number of aliphatic carboxylic acids is 1. The number of aromatic hydroxyl groups is 1. The number of nitrogens with zero attached hydrogens (tertiary/aromatic N) is 6. The molecule has 1 aliphatic heterocycles. The molecule has 1 saturated heterocycles. The highest BCUT2D eigenvalue weighted by atomic mass is 16.4. The van der Waals surface area contributed by atoms with Gasteiger partial charge in [-0.15, -0.1) is 0 Å². The maximum atomic E-state index is 15.2. The number of carbonyl (C=O) groups excluding carboxylic acids is 9. The van der Waals surface area contributed by atoms with Gasteiger partial charge in [0.2, 0.25) is 53.2 Å². The molecule has 5 rings (SSSR count). The molecule has 21 N–H and O–H groups in total. The molecule has 618 valence electrons. The van der Waals surface area contributed by atoms with Crippen molar-refractivity contribution in [3.05, 3.63) is 102 Å². The van der Waals surface area contributed by atoms with Gasteiger partial charge in [-0.2, -0.15) is 0 Å². The van der Waals surface area contributed by atoms with Gasteiger partial charge in [-0.3, -0.25) is 48.1 Å². The van der Waals surface area contributed by atoms with Crippen molar-refractivity contribution in [3.8, 4) is 5.75 Å². The molecule has 9 amide bonds. The second-order valence-electron chi connectivity index (χ2n) is 30.6. The molecule has 0 aliphatic carbocycles. The first-order valence-electron chi connectivity index (χ1n) is 38.4. The van der Waals surface area contributed by atoms with Crippen molar-refractivity contribution in [1.82, 2.24) is 83.3 Å². The molecule has 4 aromatic rings. The molecule has 112 heavy (non-hydrogen) atoms. The fourth-order valence-electron chi connectivity index (χ4n) is 12.7. The van der Waals surface area contributed by atoms with Gasteiger partial charge in [0, 0.05) is 62.6 Å². The number of nitrogens with one attached hydrogen (secondary N) is 13. The normalized spacial score (nSPS) is 15.8. The van der Waals surface area contributed by atoms with Crippen LogP contribution in [-0.2, 0) is 73.6 Å². The molecule has 0 unspecified atom stereocenters. The van der Waals surface area contributed by atoms with E-state index in [4.69, 9.17) is 11.5 Å². The Morgan fingerprint density at radius 3 is 1.62 bits per heavy atom. The lowest BCUT2D eigenvalue weighted by molar-refractivity contribution is -0.143. The number of carbonyl (C=O) groups is 10. The summed E-state index contributed by atoms with van der Waals surface area (Å²) >= 11 is 0. The summed E-state index contributed by atoms with van der Waals surface area (Å²) in [6.45, 7) is 23.1. The number of amides is 9. The van der Waals surface area contributed by atoms with Crippen molar-refractivity contribution < 1.29 is 68.6 Å². The van der Waals surface area contributed by atoms with Crippen LogP contribution >= 0.6 is 0 Å². The zero-order valence-corrected chi connectivity index (χ0v) is 66.7. The van der Waals surface area contributed by atoms with Crippen LogP contribution in [0.1, 0.15) is 163 Å². The van der Waals surface area contributed by atoms with E-state index in [-0.39, 0.29) is 94.5 Å². The number of hydrogen-bond acceptors (Lipinski definition) is 21.